The van der Waals surface area contributed by atoms with Crippen molar-refractivity contribution in [2.45, 2.75) is 58.7 Å². The van der Waals surface area contributed by atoms with Crippen LogP contribution in [0, 0.1) is 6.92 Å². The molecule has 1 unspecified atom stereocenters. The number of ether oxygens (including phenoxy) is 1. The topological polar surface area (TPSA) is 96.0 Å². The molecule has 0 spiro atoms. The van der Waals surface area contributed by atoms with Crippen LogP contribution in [0.5, 0.6) is 5.75 Å². The highest BCUT2D eigenvalue weighted by molar-refractivity contribution is 7.92. The van der Waals surface area contributed by atoms with E-state index in [4.69, 9.17) is 16.3 Å². The first kappa shape index (κ1) is 32.9. The maximum Gasteiger partial charge on any atom is 0.243 e. The smallest absolute Gasteiger partial charge is 0.243 e. The highest BCUT2D eigenvalue weighted by Crippen LogP contribution is 2.30. The zero-order valence-corrected chi connectivity index (χ0v) is 26.4. The summed E-state index contributed by atoms with van der Waals surface area (Å²) in [5.41, 5.74) is 3.30. The number of hydrogen-bond acceptors (Lipinski definition) is 5. The molecule has 42 heavy (non-hydrogen) atoms. The number of halogens is 1. The molecule has 0 heterocycles. The molecule has 3 rings (SSSR count). The summed E-state index contributed by atoms with van der Waals surface area (Å²) in [5.74, 6) is -0.0449. The Kier molecular flexibility index (Phi) is 11.8. The second-order valence-electron chi connectivity index (χ2n) is 10.6. The maximum atomic E-state index is 13.9. The van der Waals surface area contributed by atoms with Gasteiger partial charge in [-0.2, -0.15) is 0 Å². The standard InChI is InChI=1S/C32H40ClN3O5S/c1-23(2)34-32(38)29(20-25-10-7-6-8-11-25)35(22-26-15-13-24(3)14-16-26)31(37)12-9-19-36(42(5,39)40)27-17-18-30(41-4)28(33)21-27/h6-8,10-11,13-18,21,23,29H,9,12,19-20,22H2,1-5H3,(H,34,38). The predicted molar refractivity (Wildman–Crippen MR) is 168 cm³/mol. The summed E-state index contributed by atoms with van der Waals surface area (Å²) in [6, 6.07) is 21.3. The van der Waals surface area contributed by atoms with Gasteiger partial charge in [0.05, 0.1) is 24.1 Å². The van der Waals surface area contributed by atoms with Crippen molar-refractivity contribution >= 4 is 39.1 Å². The molecule has 3 aromatic rings. The van der Waals surface area contributed by atoms with Gasteiger partial charge in [-0.1, -0.05) is 71.8 Å². The molecule has 0 saturated carbocycles. The monoisotopic (exact) mass is 613 g/mol. The molecule has 1 N–H and O–H groups in total. The van der Waals surface area contributed by atoms with Crippen molar-refractivity contribution in [3.8, 4) is 5.75 Å². The molecule has 3 aromatic carbocycles. The Morgan fingerprint density at radius 2 is 1.64 bits per heavy atom. The largest absolute Gasteiger partial charge is 0.495 e. The minimum absolute atomic E-state index is 0.0437. The van der Waals surface area contributed by atoms with Gasteiger partial charge in [0.25, 0.3) is 0 Å². The van der Waals surface area contributed by atoms with Crippen LogP contribution in [0.15, 0.2) is 72.8 Å². The molecular weight excluding hydrogens is 574 g/mol. The number of hydrogen-bond donors (Lipinski definition) is 1. The van der Waals surface area contributed by atoms with Crippen molar-refractivity contribution in [2.24, 2.45) is 0 Å². The van der Waals surface area contributed by atoms with E-state index in [1.54, 1.807) is 17.0 Å². The van der Waals surface area contributed by atoms with E-state index >= 15 is 0 Å². The van der Waals surface area contributed by atoms with Gasteiger partial charge in [-0.05, 0) is 56.5 Å². The Morgan fingerprint density at radius 1 is 0.976 bits per heavy atom. The lowest BCUT2D eigenvalue weighted by Crippen LogP contribution is -2.51. The van der Waals surface area contributed by atoms with Gasteiger partial charge in [0.1, 0.15) is 11.8 Å². The van der Waals surface area contributed by atoms with Gasteiger partial charge in [-0.3, -0.25) is 13.9 Å². The van der Waals surface area contributed by atoms with Crippen molar-refractivity contribution in [1.29, 1.82) is 0 Å². The average Bonchev–Trinajstić information content (AvgIpc) is 2.93. The quantitative estimate of drug-likeness (QED) is 0.264. The molecule has 0 fully saturated rings. The molecule has 0 saturated heterocycles. The van der Waals surface area contributed by atoms with Crippen LogP contribution in [0.25, 0.3) is 0 Å². The van der Waals surface area contributed by atoms with Gasteiger partial charge < -0.3 is 15.0 Å². The van der Waals surface area contributed by atoms with Gasteiger partial charge in [-0.15, -0.1) is 0 Å². The Balaban J connectivity index is 1.88. The van der Waals surface area contributed by atoms with Crippen molar-refractivity contribution in [3.63, 3.8) is 0 Å². The molecule has 1 atom stereocenters. The van der Waals surface area contributed by atoms with Gasteiger partial charge in [-0.25, -0.2) is 8.42 Å². The Labute approximate surface area is 254 Å². The van der Waals surface area contributed by atoms with Crippen molar-refractivity contribution in [2.75, 3.05) is 24.2 Å². The lowest BCUT2D eigenvalue weighted by Gasteiger charge is -2.32. The number of amides is 2. The van der Waals surface area contributed by atoms with Gasteiger partial charge >= 0.3 is 0 Å². The SMILES string of the molecule is COc1ccc(N(CCCC(=O)N(Cc2ccc(C)cc2)C(Cc2ccccc2)C(=O)NC(C)C)S(C)(=O)=O)cc1Cl. The van der Waals surface area contributed by atoms with E-state index in [1.807, 2.05) is 75.4 Å². The zero-order valence-electron chi connectivity index (χ0n) is 24.8. The molecule has 0 radical (unpaired) electrons. The fourth-order valence-electron chi connectivity index (χ4n) is 4.64. The van der Waals surface area contributed by atoms with E-state index in [9.17, 15) is 18.0 Å². The number of methoxy groups -OCH3 is 1. The minimum Gasteiger partial charge on any atom is -0.495 e. The number of nitrogens with zero attached hydrogens (tertiary/aromatic N) is 2. The molecule has 0 aromatic heterocycles. The van der Waals surface area contributed by atoms with Crippen molar-refractivity contribution in [3.05, 3.63) is 94.5 Å². The third-order valence-electron chi connectivity index (χ3n) is 6.75. The first-order valence-electron chi connectivity index (χ1n) is 13.9. The number of aryl methyl sites for hydroxylation is 1. The van der Waals surface area contributed by atoms with Crippen LogP contribution in [-0.2, 0) is 32.6 Å². The van der Waals surface area contributed by atoms with Crippen molar-refractivity contribution in [1.82, 2.24) is 10.2 Å². The van der Waals surface area contributed by atoms with Gasteiger partial charge in [0.15, 0.2) is 0 Å². The molecule has 0 aliphatic heterocycles. The van der Waals surface area contributed by atoms with E-state index in [0.717, 1.165) is 22.9 Å². The number of nitrogens with one attached hydrogen (secondary N) is 1. The molecule has 0 aliphatic carbocycles. The first-order valence-corrected chi connectivity index (χ1v) is 16.1. The summed E-state index contributed by atoms with van der Waals surface area (Å²) in [5, 5.41) is 3.26. The molecule has 0 aliphatic rings. The lowest BCUT2D eigenvalue weighted by molar-refractivity contribution is -0.141. The molecule has 10 heteroatoms. The number of carbonyl (C=O) groups excluding carboxylic acids is 2. The summed E-state index contributed by atoms with van der Waals surface area (Å²) in [6.45, 7) is 6.06. The van der Waals surface area contributed by atoms with Crippen LogP contribution in [0.1, 0.15) is 43.4 Å². The number of sulfonamides is 1. The van der Waals surface area contributed by atoms with Crippen LogP contribution in [0.2, 0.25) is 5.02 Å². The molecule has 226 valence electrons. The second kappa shape index (κ2) is 15.1. The first-order chi connectivity index (χ1) is 19.9. The summed E-state index contributed by atoms with van der Waals surface area (Å²) in [7, 11) is -2.18. The van der Waals surface area contributed by atoms with E-state index < -0.39 is 16.1 Å². The highest BCUT2D eigenvalue weighted by Gasteiger charge is 2.31. The number of anilines is 1. The van der Waals surface area contributed by atoms with E-state index in [-0.39, 0.29) is 48.8 Å². The minimum atomic E-state index is -3.66. The zero-order chi connectivity index (χ0) is 30.9. The number of carbonyl (C=O) groups is 2. The van der Waals surface area contributed by atoms with Crippen LogP contribution in [-0.4, -0.2) is 57.1 Å². The molecule has 2 amide bonds. The Bertz CT molecular complexity index is 1450. The van der Waals surface area contributed by atoms with Crippen LogP contribution >= 0.6 is 11.6 Å². The van der Waals surface area contributed by atoms with Crippen LogP contribution in [0.3, 0.4) is 0 Å². The fraction of sp³-hybridized carbons (Fsp3) is 0.375. The lowest BCUT2D eigenvalue weighted by atomic mass is 10.0. The highest BCUT2D eigenvalue weighted by atomic mass is 35.5. The van der Waals surface area contributed by atoms with Crippen LogP contribution in [0.4, 0.5) is 5.69 Å². The third-order valence-corrected chi connectivity index (χ3v) is 8.24. The van der Waals surface area contributed by atoms with E-state index in [0.29, 0.717) is 17.9 Å². The molecule has 8 nitrogen and oxygen atoms in total. The van der Waals surface area contributed by atoms with Crippen LogP contribution < -0.4 is 14.4 Å². The average molecular weight is 614 g/mol. The Hall–Kier alpha value is -3.56. The van der Waals surface area contributed by atoms with Gasteiger partial charge in [0, 0.05) is 32.0 Å². The Morgan fingerprint density at radius 3 is 2.21 bits per heavy atom. The summed E-state index contributed by atoms with van der Waals surface area (Å²) in [6.07, 6.45) is 1.74. The summed E-state index contributed by atoms with van der Waals surface area (Å²) >= 11 is 6.26. The maximum absolute atomic E-state index is 13.9. The molecular formula is C32H40ClN3O5S. The van der Waals surface area contributed by atoms with E-state index in [2.05, 4.69) is 5.32 Å². The summed E-state index contributed by atoms with van der Waals surface area (Å²) in [4.78, 5) is 29.0. The third kappa shape index (κ3) is 9.49. The summed E-state index contributed by atoms with van der Waals surface area (Å²) < 4.78 is 31.8. The van der Waals surface area contributed by atoms with Gasteiger partial charge in [0.2, 0.25) is 21.8 Å². The number of rotatable bonds is 14. The normalized spacial score (nSPS) is 12.1. The van der Waals surface area contributed by atoms with Crippen molar-refractivity contribution < 1.29 is 22.7 Å². The predicted octanol–water partition coefficient (Wildman–Crippen LogP) is 5.37. The molecule has 0 bridgehead atoms. The second-order valence-corrected chi connectivity index (χ2v) is 12.9. The number of benzene rings is 3. The van der Waals surface area contributed by atoms with E-state index in [1.165, 1.54) is 17.5 Å². The fourth-order valence-corrected chi connectivity index (χ4v) is 5.85.